The van der Waals surface area contributed by atoms with Crippen molar-refractivity contribution in [1.29, 1.82) is 0 Å². The van der Waals surface area contributed by atoms with Crippen LogP contribution in [0, 0.1) is 6.92 Å². The summed E-state index contributed by atoms with van der Waals surface area (Å²) in [5.74, 6) is 1.10. The van der Waals surface area contributed by atoms with Gasteiger partial charge in [-0.25, -0.2) is 18.4 Å². The number of piperidine rings is 1. The molecular formula is C21H24N6O5S. The number of ether oxygens (including phenoxy) is 1. The van der Waals surface area contributed by atoms with Gasteiger partial charge < -0.3 is 14.5 Å². The molecule has 1 unspecified atom stereocenters. The molecule has 0 bridgehead atoms. The van der Waals surface area contributed by atoms with Crippen LogP contribution in [0.1, 0.15) is 37.4 Å². The highest BCUT2D eigenvalue weighted by atomic mass is 32.2. The van der Waals surface area contributed by atoms with E-state index >= 15 is 0 Å². The molecule has 1 N–H and O–H groups in total. The Balaban J connectivity index is 1.56. The van der Waals surface area contributed by atoms with Gasteiger partial charge in [0.1, 0.15) is 11.6 Å². The van der Waals surface area contributed by atoms with Crippen molar-refractivity contribution in [2.45, 2.75) is 37.5 Å². The summed E-state index contributed by atoms with van der Waals surface area (Å²) in [6.07, 6.45) is 4.57. The molecule has 1 amide bonds. The smallest absolute Gasteiger partial charge is 0.250 e. The van der Waals surface area contributed by atoms with E-state index in [-0.39, 0.29) is 23.3 Å². The van der Waals surface area contributed by atoms with E-state index in [1.54, 1.807) is 19.3 Å². The first-order valence-electron chi connectivity index (χ1n) is 10.4. The summed E-state index contributed by atoms with van der Waals surface area (Å²) in [7, 11) is -2.37. The van der Waals surface area contributed by atoms with Crippen LogP contribution in [0.4, 0.5) is 5.69 Å². The predicted molar refractivity (Wildman–Crippen MR) is 118 cm³/mol. The molecule has 1 fully saturated rings. The highest BCUT2D eigenvalue weighted by molar-refractivity contribution is 7.89. The Kier molecular flexibility index (Phi) is 6.38. The zero-order valence-corrected chi connectivity index (χ0v) is 19.3. The molecule has 1 aliphatic rings. The molecule has 2 aromatic heterocycles. The third-order valence-electron chi connectivity index (χ3n) is 5.32. The van der Waals surface area contributed by atoms with E-state index in [1.165, 1.54) is 36.5 Å². The second-order valence-corrected chi connectivity index (χ2v) is 9.65. The Morgan fingerprint density at radius 2 is 2.00 bits per heavy atom. The van der Waals surface area contributed by atoms with Crippen LogP contribution in [0.25, 0.3) is 11.5 Å². The number of sulfonamides is 1. The highest BCUT2D eigenvalue weighted by Gasteiger charge is 2.34. The normalized spacial score (nSPS) is 17.0. The van der Waals surface area contributed by atoms with Crippen molar-refractivity contribution in [2.75, 3.05) is 25.5 Å². The fourth-order valence-electron chi connectivity index (χ4n) is 3.67. The number of rotatable bonds is 6. The van der Waals surface area contributed by atoms with Crippen LogP contribution in [0.15, 0.2) is 39.9 Å². The third-order valence-corrected chi connectivity index (χ3v) is 7.18. The summed E-state index contributed by atoms with van der Waals surface area (Å²) in [4.78, 5) is 19.8. The van der Waals surface area contributed by atoms with E-state index < -0.39 is 10.0 Å². The van der Waals surface area contributed by atoms with Crippen molar-refractivity contribution in [3.05, 3.63) is 42.3 Å². The zero-order valence-electron chi connectivity index (χ0n) is 18.5. The molecule has 0 spiro atoms. The van der Waals surface area contributed by atoms with Crippen molar-refractivity contribution < 1.29 is 22.4 Å². The molecule has 1 aromatic carbocycles. The molecule has 1 aliphatic heterocycles. The number of methoxy groups -OCH3 is 1. The number of hydrogen-bond acceptors (Lipinski definition) is 9. The first-order valence-corrected chi connectivity index (χ1v) is 11.8. The molecule has 174 valence electrons. The van der Waals surface area contributed by atoms with Crippen molar-refractivity contribution in [1.82, 2.24) is 24.5 Å². The van der Waals surface area contributed by atoms with Gasteiger partial charge in [0.05, 0.1) is 29.2 Å². The van der Waals surface area contributed by atoms with Crippen LogP contribution >= 0.6 is 0 Å². The molecule has 11 nitrogen and oxygen atoms in total. The second kappa shape index (κ2) is 9.24. The zero-order chi connectivity index (χ0) is 23.6. The molecule has 3 heterocycles. The molecule has 1 saturated heterocycles. The van der Waals surface area contributed by atoms with E-state index in [1.807, 2.05) is 0 Å². The van der Waals surface area contributed by atoms with Gasteiger partial charge in [-0.15, -0.1) is 10.2 Å². The minimum Gasteiger partial charge on any atom is -0.495 e. The van der Waals surface area contributed by atoms with Gasteiger partial charge in [-0.2, -0.15) is 4.31 Å². The Morgan fingerprint density at radius 1 is 1.24 bits per heavy atom. The van der Waals surface area contributed by atoms with Gasteiger partial charge in [0.15, 0.2) is 0 Å². The van der Waals surface area contributed by atoms with Crippen LogP contribution in [0.2, 0.25) is 0 Å². The number of nitrogens with one attached hydrogen (secondary N) is 1. The number of hydrogen-bond donors (Lipinski definition) is 1. The second-order valence-electron chi connectivity index (χ2n) is 7.71. The van der Waals surface area contributed by atoms with Crippen LogP contribution in [-0.4, -0.2) is 59.0 Å². The number of carbonyl (C=O) groups excluding carboxylic acids is 1. The summed E-state index contributed by atoms with van der Waals surface area (Å²) >= 11 is 0. The summed E-state index contributed by atoms with van der Waals surface area (Å²) < 4.78 is 39.1. The molecular weight excluding hydrogens is 448 g/mol. The lowest BCUT2D eigenvalue weighted by molar-refractivity contribution is -0.114. The van der Waals surface area contributed by atoms with Crippen LogP contribution < -0.4 is 10.1 Å². The van der Waals surface area contributed by atoms with Gasteiger partial charge in [-0.05, 0) is 38.0 Å². The largest absolute Gasteiger partial charge is 0.495 e. The van der Waals surface area contributed by atoms with Gasteiger partial charge >= 0.3 is 0 Å². The topological polar surface area (TPSA) is 140 Å². The number of carbonyl (C=O) groups is 1. The number of aryl methyl sites for hydroxylation is 1. The van der Waals surface area contributed by atoms with Gasteiger partial charge in [0.25, 0.3) is 5.89 Å². The summed E-state index contributed by atoms with van der Waals surface area (Å²) in [6.45, 7) is 3.70. The molecule has 0 saturated carbocycles. The molecule has 3 aromatic rings. The maximum absolute atomic E-state index is 13.3. The number of aromatic nitrogens is 4. The number of nitrogens with zero attached hydrogens (tertiary/aromatic N) is 5. The third kappa shape index (κ3) is 4.86. The summed E-state index contributed by atoms with van der Waals surface area (Å²) in [5, 5.41) is 10.8. The standard InChI is InChI=1S/C21H24N6O5S/c1-13-22-10-16(11-23-13)21-26-25-20(32-21)15-5-4-8-27(12-15)33(29,30)17-6-7-19(31-3)18(9-17)24-14(2)28/h6-7,9-11,15H,4-5,8,12H2,1-3H3,(H,24,28). The Morgan fingerprint density at radius 3 is 2.70 bits per heavy atom. The molecule has 0 radical (unpaired) electrons. The monoisotopic (exact) mass is 472 g/mol. The SMILES string of the molecule is COc1ccc(S(=O)(=O)N2CCCC(c3nnc(-c4cnc(C)nc4)o3)C2)cc1NC(C)=O. The van der Waals surface area contributed by atoms with Crippen molar-refractivity contribution >= 4 is 21.6 Å². The number of anilines is 1. The van der Waals surface area contributed by atoms with Crippen molar-refractivity contribution in [3.63, 3.8) is 0 Å². The minimum absolute atomic E-state index is 0.0655. The lowest BCUT2D eigenvalue weighted by Gasteiger charge is -2.30. The summed E-state index contributed by atoms with van der Waals surface area (Å²) in [6, 6.07) is 4.39. The lowest BCUT2D eigenvalue weighted by Crippen LogP contribution is -2.39. The highest BCUT2D eigenvalue weighted by Crippen LogP contribution is 2.33. The Bertz CT molecular complexity index is 1260. The van der Waals surface area contributed by atoms with Crippen LogP contribution in [0.5, 0.6) is 5.75 Å². The quantitative estimate of drug-likeness (QED) is 0.572. The summed E-state index contributed by atoms with van der Waals surface area (Å²) in [5.41, 5.74) is 0.893. The van der Waals surface area contributed by atoms with E-state index in [2.05, 4.69) is 25.5 Å². The maximum atomic E-state index is 13.3. The first kappa shape index (κ1) is 22.8. The number of amides is 1. The molecule has 1 atom stereocenters. The van der Waals surface area contributed by atoms with Gasteiger partial charge in [0, 0.05) is 32.4 Å². The van der Waals surface area contributed by atoms with Crippen LogP contribution in [0.3, 0.4) is 0 Å². The molecule has 33 heavy (non-hydrogen) atoms. The molecule has 4 rings (SSSR count). The first-order chi connectivity index (χ1) is 15.8. The fourth-order valence-corrected chi connectivity index (χ4v) is 5.22. The van der Waals surface area contributed by atoms with E-state index in [4.69, 9.17) is 9.15 Å². The minimum atomic E-state index is -3.82. The van der Waals surface area contributed by atoms with Crippen molar-refractivity contribution in [3.8, 4) is 17.2 Å². The van der Waals surface area contributed by atoms with E-state index in [0.717, 1.165) is 6.42 Å². The Labute approximate surface area is 191 Å². The van der Waals surface area contributed by atoms with Crippen LogP contribution in [-0.2, 0) is 14.8 Å². The molecule has 0 aliphatic carbocycles. The number of benzene rings is 1. The Hall–Kier alpha value is -3.38. The average Bonchev–Trinajstić information content (AvgIpc) is 3.29. The molecule has 12 heteroatoms. The van der Waals surface area contributed by atoms with E-state index in [0.29, 0.717) is 47.6 Å². The predicted octanol–water partition coefficient (Wildman–Crippen LogP) is 2.37. The van der Waals surface area contributed by atoms with E-state index in [9.17, 15) is 13.2 Å². The average molecular weight is 473 g/mol. The van der Waals surface area contributed by atoms with Crippen molar-refractivity contribution in [2.24, 2.45) is 0 Å². The van der Waals surface area contributed by atoms with Gasteiger partial charge in [-0.1, -0.05) is 0 Å². The fraction of sp³-hybridized carbons (Fsp3) is 0.381. The lowest BCUT2D eigenvalue weighted by atomic mass is 10.00. The van der Waals surface area contributed by atoms with Gasteiger partial charge in [-0.3, -0.25) is 4.79 Å². The maximum Gasteiger partial charge on any atom is 0.250 e. The van der Waals surface area contributed by atoms with Gasteiger partial charge in [0.2, 0.25) is 21.8 Å².